The van der Waals surface area contributed by atoms with Crippen LogP contribution < -0.4 is 5.32 Å². The predicted octanol–water partition coefficient (Wildman–Crippen LogP) is 0.442. The zero-order valence-corrected chi connectivity index (χ0v) is 9.12. The fraction of sp³-hybridized carbons (Fsp3) is 0.636. The summed E-state index contributed by atoms with van der Waals surface area (Å²) >= 11 is 0. The summed E-state index contributed by atoms with van der Waals surface area (Å²) in [6.07, 6.45) is 3.36. The first-order valence-corrected chi connectivity index (χ1v) is 5.40. The number of imide groups is 1. The monoisotopic (exact) mass is 208 g/mol. The quantitative estimate of drug-likeness (QED) is 0.636. The van der Waals surface area contributed by atoms with E-state index in [0.717, 1.165) is 19.4 Å². The van der Waals surface area contributed by atoms with Crippen molar-refractivity contribution in [1.29, 1.82) is 0 Å². The molecule has 2 rings (SSSR count). The number of carbonyl (C=O) groups excluding carboxylic acids is 2. The minimum atomic E-state index is -0.155. The molecule has 82 valence electrons. The van der Waals surface area contributed by atoms with Crippen molar-refractivity contribution in [3.8, 4) is 0 Å². The molecule has 2 atom stereocenters. The van der Waals surface area contributed by atoms with E-state index in [1.54, 1.807) is 6.92 Å². The second-order valence-corrected chi connectivity index (χ2v) is 4.29. The van der Waals surface area contributed by atoms with Crippen LogP contribution >= 0.6 is 0 Å². The molecule has 0 aromatic rings. The van der Waals surface area contributed by atoms with Gasteiger partial charge in [-0.05, 0) is 33.2 Å². The van der Waals surface area contributed by atoms with Crippen molar-refractivity contribution in [2.24, 2.45) is 0 Å². The average molecular weight is 208 g/mol. The maximum absolute atomic E-state index is 11.8. The van der Waals surface area contributed by atoms with Gasteiger partial charge in [0, 0.05) is 17.7 Å². The van der Waals surface area contributed by atoms with Crippen LogP contribution in [0.3, 0.4) is 0 Å². The number of nitrogens with one attached hydrogen (secondary N) is 1. The van der Waals surface area contributed by atoms with Gasteiger partial charge in [0.1, 0.15) is 0 Å². The molecule has 4 nitrogen and oxygen atoms in total. The molecule has 0 aliphatic carbocycles. The van der Waals surface area contributed by atoms with Crippen LogP contribution in [0, 0.1) is 0 Å². The van der Waals surface area contributed by atoms with Gasteiger partial charge in [-0.2, -0.15) is 0 Å². The van der Waals surface area contributed by atoms with Gasteiger partial charge in [0.05, 0.1) is 6.04 Å². The van der Waals surface area contributed by atoms with Crippen LogP contribution in [-0.4, -0.2) is 35.3 Å². The lowest BCUT2D eigenvalue weighted by atomic mass is 9.98. The Labute approximate surface area is 89.3 Å². The molecule has 0 spiro atoms. The Morgan fingerprint density at radius 2 is 2.20 bits per heavy atom. The van der Waals surface area contributed by atoms with Crippen molar-refractivity contribution >= 4 is 11.8 Å². The second-order valence-electron chi connectivity index (χ2n) is 4.29. The predicted molar refractivity (Wildman–Crippen MR) is 56.1 cm³/mol. The zero-order chi connectivity index (χ0) is 11.0. The van der Waals surface area contributed by atoms with Gasteiger partial charge in [-0.3, -0.25) is 14.5 Å². The first-order chi connectivity index (χ1) is 7.11. The summed E-state index contributed by atoms with van der Waals surface area (Å²) in [5, 5.41) is 3.30. The van der Waals surface area contributed by atoms with Gasteiger partial charge < -0.3 is 5.32 Å². The number of hydrogen-bond acceptors (Lipinski definition) is 3. The van der Waals surface area contributed by atoms with Gasteiger partial charge in [-0.25, -0.2) is 0 Å². The summed E-state index contributed by atoms with van der Waals surface area (Å²) in [7, 11) is 0. The van der Waals surface area contributed by atoms with Crippen molar-refractivity contribution in [3.05, 3.63) is 11.6 Å². The third kappa shape index (κ3) is 1.69. The fourth-order valence-corrected chi connectivity index (χ4v) is 2.30. The highest BCUT2D eigenvalue weighted by Crippen LogP contribution is 2.22. The molecule has 0 aromatic carbocycles. The third-order valence-corrected chi connectivity index (χ3v) is 3.19. The van der Waals surface area contributed by atoms with E-state index in [1.807, 2.05) is 6.92 Å². The van der Waals surface area contributed by atoms with Gasteiger partial charge in [-0.1, -0.05) is 0 Å². The van der Waals surface area contributed by atoms with Crippen molar-refractivity contribution in [3.63, 3.8) is 0 Å². The van der Waals surface area contributed by atoms with E-state index in [0.29, 0.717) is 5.57 Å². The highest BCUT2D eigenvalue weighted by Gasteiger charge is 2.37. The Kier molecular flexibility index (Phi) is 2.61. The Morgan fingerprint density at radius 1 is 1.47 bits per heavy atom. The average Bonchev–Trinajstić information content (AvgIpc) is 2.43. The topological polar surface area (TPSA) is 49.4 Å². The molecule has 0 radical (unpaired) electrons. The van der Waals surface area contributed by atoms with Crippen LogP contribution in [0.25, 0.3) is 0 Å². The van der Waals surface area contributed by atoms with Crippen LogP contribution in [0.5, 0.6) is 0 Å². The van der Waals surface area contributed by atoms with Crippen molar-refractivity contribution in [2.75, 3.05) is 6.54 Å². The van der Waals surface area contributed by atoms with Crippen LogP contribution in [0.2, 0.25) is 0 Å². The van der Waals surface area contributed by atoms with Gasteiger partial charge in [-0.15, -0.1) is 0 Å². The van der Waals surface area contributed by atoms with E-state index in [1.165, 1.54) is 11.0 Å². The number of nitrogens with zero attached hydrogens (tertiary/aromatic N) is 1. The smallest absolute Gasteiger partial charge is 0.256 e. The molecule has 4 heteroatoms. The molecule has 2 heterocycles. The van der Waals surface area contributed by atoms with Crippen molar-refractivity contribution < 1.29 is 9.59 Å². The van der Waals surface area contributed by atoms with E-state index in [4.69, 9.17) is 0 Å². The lowest BCUT2D eigenvalue weighted by Gasteiger charge is -2.35. The molecule has 1 N–H and O–H groups in total. The van der Waals surface area contributed by atoms with Crippen LogP contribution in [0.15, 0.2) is 11.6 Å². The summed E-state index contributed by atoms with van der Waals surface area (Å²) in [6.45, 7) is 4.69. The summed E-state index contributed by atoms with van der Waals surface area (Å²) in [6, 6.07) is 0.221. The van der Waals surface area contributed by atoms with Crippen molar-refractivity contribution in [1.82, 2.24) is 10.2 Å². The number of piperidine rings is 1. The second kappa shape index (κ2) is 3.77. The molecule has 2 amide bonds. The standard InChI is InChI=1S/C11H16N2O2/c1-7-6-10(14)13(11(7)15)9-4-3-5-12-8(9)2/h6,8-9,12H,3-5H2,1-2H3. The zero-order valence-electron chi connectivity index (χ0n) is 9.12. The normalized spacial score (nSPS) is 32.1. The first-order valence-electron chi connectivity index (χ1n) is 5.40. The Morgan fingerprint density at radius 3 is 2.73 bits per heavy atom. The van der Waals surface area contributed by atoms with E-state index in [2.05, 4.69) is 5.32 Å². The molecule has 15 heavy (non-hydrogen) atoms. The molecule has 2 aliphatic rings. The highest BCUT2D eigenvalue weighted by molar-refractivity contribution is 6.16. The van der Waals surface area contributed by atoms with E-state index in [-0.39, 0.29) is 23.9 Å². The SMILES string of the molecule is CC1=CC(=O)N(C2CCCNC2C)C1=O. The molecule has 0 aromatic heterocycles. The third-order valence-electron chi connectivity index (χ3n) is 3.19. The number of amides is 2. The van der Waals surface area contributed by atoms with Gasteiger partial charge in [0.2, 0.25) is 0 Å². The number of rotatable bonds is 1. The summed E-state index contributed by atoms with van der Waals surface area (Å²) in [5.41, 5.74) is 0.553. The van der Waals surface area contributed by atoms with Gasteiger partial charge in [0.15, 0.2) is 0 Å². The Bertz CT molecular complexity index is 335. The molecular weight excluding hydrogens is 192 g/mol. The minimum Gasteiger partial charge on any atom is -0.312 e. The lowest BCUT2D eigenvalue weighted by Crippen LogP contribution is -2.54. The molecule has 1 fully saturated rings. The maximum atomic E-state index is 11.8. The van der Waals surface area contributed by atoms with E-state index < -0.39 is 0 Å². The summed E-state index contributed by atoms with van der Waals surface area (Å²) in [4.78, 5) is 24.8. The van der Waals surface area contributed by atoms with E-state index >= 15 is 0 Å². The summed E-state index contributed by atoms with van der Waals surface area (Å²) in [5.74, 6) is -0.279. The lowest BCUT2D eigenvalue weighted by molar-refractivity contribution is -0.141. The minimum absolute atomic E-state index is 0.0208. The number of hydrogen-bond donors (Lipinski definition) is 1. The van der Waals surface area contributed by atoms with Crippen LogP contribution in [0.4, 0.5) is 0 Å². The molecule has 2 unspecified atom stereocenters. The van der Waals surface area contributed by atoms with E-state index in [9.17, 15) is 9.59 Å². The van der Waals surface area contributed by atoms with Gasteiger partial charge in [0.25, 0.3) is 11.8 Å². The Hall–Kier alpha value is -1.16. The molecule has 0 bridgehead atoms. The highest BCUT2D eigenvalue weighted by atomic mass is 16.2. The summed E-state index contributed by atoms with van der Waals surface area (Å²) < 4.78 is 0. The van der Waals surface area contributed by atoms with Crippen molar-refractivity contribution in [2.45, 2.75) is 38.8 Å². The molecule has 0 saturated carbocycles. The number of carbonyl (C=O) groups is 2. The molecular formula is C11H16N2O2. The molecule has 1 saturated heterocycles. The maximum Gasteiger partial charge on any atom is 0.256 e. The largest absolute Gasteiger partial charge is 0.312 e. The fourth-order valence-electron chi connectivity index (χ4n) is 2.30. The van der Waals surface area contributed by atoms with Crippen LogP contribution in [0.1, 0.15) is 26.7 Å². The first kappa shape index (κ1) is 10.4. The molecule has 2 aliphatic heterocycles. The van der Waals surface area contributed by atoms with Crippen LogP contribution in [-0.2, 0) is 9.59 Å². The Balaban J connectivity index is 2.17. The van der Waals surface area contributed by atoms with Gasteiger partial charge >= 0.3 is 0 Å².